The van der Waals surface area contributed by atoms with Crippen LogP contribution in [0.3, 0.4) is 0 Å². The number of rotatable bonds is 4. The molecule has 0 aliphatic rings. The highest BCUT2D eigenvalue weighted by molar-refractivity contribution is 6.17. The molecule has 0 fully saturated rings. The zero-order valence-corrected chi connectivity index (χ0v) is 8.31. The number of para-hydroxylation sites is 1. The zero-order valence-electron chi connectivity index (χ0n) is 6.80. The maximum Gasteiger partial charge on any atom is 0.162 e. The first-order valence-corrected chi connectivity index (χ1v) is 4.62. The van der Waals surface area contributed by atoms with Crippen molar-refractivity contribution in [2.24, 2.45) is 0 Å². The fourth-order valence-electron chi connectivity index (χ4n) is 0.893. The Kier molecular flexibility index (Phi) is 3.99. The molecule has 72 valence electrons. The standard InChI is InChI=1S/C8H9Cl2NO2/c9-4-12-6-2-1-3-7(8(6)11)13-5-10/h1-3H,4-5,11H2. The summed E-state index contributed by atoms with van der Waals surface area (Å²) in [6.07, 6.45) is 0. The van der Waals surface area contributed by atoms with Crippen molar-refractivity contribution < 1.29 is 9.47 Å². The van der Waals surface area contributed by atoms with Gasteiger partial charge in [0.1, 0.15) is 17.2 Å². The molecule has 1 aromatic rings. The highest BCUT2D eigenvalue weighted by Crippen LogP contribution is 2.31. The van der Waals surface area contributed by atoms with Crippen LogP contribution in [0.4, 0.5) is 5.69 Å². The molecule has 0 saturated carbocycles. The van der Waals surface area contributed by atoms with Gasteiger partial charge in [0.15, 0.2) is 12.1 Å². The second-order valence-corrected chi connectivity index (χ2v) is 2.61. The predicted octanol–water partition coefficient (Wildman–Crippen LogP) is 2.42. The summed E-state index contributed by atoms with van der Waals surface area (Å²) in [5.41, 5.74) is 6.09. The van der Waals surface area contributed by atoms with E-state index in [0.29, 0.717) is 17.2 Å². The van der Waals surface area contributed by atoms with Gasteiger partial charge in [0.05, 0.1) is 0 Å². The number of hydrogen-bond donors (Lipinski definition) is 1. The third-order valence-corrected chi connectivity index (χ3v) is 1.66. The third-order valence-electron chi connectivity index (χ3n) is 1.45. The molecule has 0 amide bonds. The van der Waals surface area contributed by atoms with Gasteiger partial charge in [-0.25, -0.2) is 0 Å². The summed E-state index contributed by atoms with van der Waals surface area (Å²) in [6, 6.07) is 5.26. The number of benzene rings is 1. The Balaban J connectivity index is 2.89. The van der Waals surface area contributed by atoms with E-state index in [0.717, 1.165) is 0 Å². The van der Waals surface area contributed by atoms with E-state index in [2.05, 4.69) is 0 Å². The molecule has 0 spiro atoms. The van der Waals surface area contributed by atoms with E-state index in [1.54, 1.807) is 18.2 Å². The van der Waals surface area contributed by atoms with Gasteiger partial charge in [0, 0.05) is 0 Å². The summed E-state index contributed by atoms with van der Waals surface area (Å²) in [7, 11) is 0. The number of anilines is 1. The fraction of sp³-hybridized carbons (Fsp3) is 0.250. The van der Waals surface area contributed by atoms with Crippen molar-refractivity contribution in [2.45, 2.75) is 0 Å². The van der Waals surface area contributed by atoms with Crippen molar-refractivity contribution in [1.29, 1.82) is 0 Å². The minimum Gasteiger partial charge on any atom is -0.476 e. The van der Waals surface area contributed by atoms with Gasteiger partial charge in [-0.2, -0.15) is 0 Å². The van der Waals surface area contributed by atoms with Crippen molar-refractivity contribution >= 4 is 28.9 Å². The maximum atomic E-state index is 5.69. The third kappa shape index (κ3) is 2.57. The minimum absolute atomic E-state index is 0.0501. The molecule has 0 aliphatic carbocycles. The maximum absolute atomic E-state index is 5.69. The lowest BCUT2D eigenvalue weighted by molar-refractivity contribution is 0.372. The summed E-state index contributed by atoms with van der Waals surface area (Å²) in [5.74, 6) is 0.996. The van der Waals surface area contributed by atoms with Gasteiger partial charge in [-0.15, -0.1) is 0 Å². The smallest absolute Gasteiger partial charge is 0.162 e. The number of nitrogen functional groups attached to an aromatic ring is 1. The van der Waals surface area contributed by atoms with Gasteiger partial charge in [-0.1, -0.05) is 29.3 Å². The van der Waals surface area contributed by atoms with Gasteiger partial charge in [0.2, 0.25) is 0 Å². The summed E-state index contributed by atoms with van der Waals surface area (Å²) in [4.78, 5) is 0. The molecule has 0 saturated heterocycles. The van der Waals surface area contributed by atoms with Crippen LogP contribution in [0, 0.1) is 0 Å². The second kappa shape index (κ2) is 5.04. The summed E-state index contributed by atoms with van der Waals surface area (Å²) < 4.78 is 10.1. The Bertz CT molecular complexity index is 257. The molecular formula is C8H9Cl2NO2. The van der Waals surface area contributed by atoms with Crippen LogP contribution in [0.15, 0.2) is 18.2 Å². The molecule has 5 heteroatoms. The Labute approximate surface area is 86.3 Å². The van der Waals surface area contributed by atoms with Gasteiger partial charge in [-0.3, -0.25) is 0 Å². The Morgan fingerprint density at radius 1 is 1.08 bits per heavy atom. The average Bonchev–Trinajstić information content (AvgIpc) is 2.13. The van der Waals surface area contributed by atoms with Gasteiger partial charge < -0.3 is 15.2 Å². The van der Waals surface area contributed by atoms with E-state index in [9.17, 15) is 0 Å². The van der Waals surface area contributed by atoms with E-state index in [4.69, 9.17) is 38.4 Å². The van der Waals surface area contributed by atoms with Gasteiger partial charge in [0.25, 0.3) is 0 Å². The van der Waals surface area contributed by atoms with Crippen LogP contribution in [0.1, 0.15) is 0 Å². The molecule has 0 aromatic heterocycles. The first-order chi connectivity index (χ1) is 6.29. The largest absolute Gasteiger partial charge is 0.476 e. The summed E-state index contributed by atoms with van der Waals surface area (Å²) >= 11 is 10.8. The van der Waals surface area contributed by atoms with Crippen LogP contribution >= 0.6 is 23.2 Å². The van der Waals surface area contributed by atoms with Crippen LogP contribution in [-0.4, -0.2) is 12.1 Å². The molecule has 0 radical (unpaired) electrons. The average molecular weight is 222 g/mol. The summed E-state index contributed by atoms with van der Waals surface area (Å²) in [6.45, 7) is 0. The Morgan fingerprint density at radius 2 is 1.54 bits per heavy atom. The molecule has 0 atom stereocenters. The quantitative estimate of drug-likeness (QED) is 0.628. The van der Waals surface area contributed by atoms with Crippen molar-refractivity contribution in [3.63, 3.8) is 0 Å². The molecule has 0 bridgehead atoms. The van der Waals surface area contributed by atoms with E-state index < -0.39 is 0 Å². The first kappa shape index (κ1) is 10.3. The molecule has 0 unspecified atom stereocenters. The van der Waals surface area contributed by atoms with Crippen molar-refractivity contribution in [3.8, 4) is 11.5 Å². The Hall–Kier alpha value is -0.800. The van der Waals surface area contributed by atoms with Crippen LogP contribution in [0.2, 0.25) is 0 Å². The number of ether oxygens (including phenoxy) is 2. The van der Waals surface area contributed by atoms with Crippen LogP contribution in [-0.2, 0) is 0 Å². The second-order valence-electron chi connectivity index (χ2n) is 2.17. The number of hydrogen-bond acceptors (Lipinski definition) is 3. The van der Waals surface area contributed by atoms with Crippen LogP contribution in [0.5, 0.6) is 11.5 Å². The molecule has 1 aromatic carbocycles. The van der Waals surface area contributed by atoms with Crippen LogP contribution in [0.25, 0.3) is 0 Å². The number of alkyl halides is 2. The van der Waals surface area contributed by atoms with Crippen molar-refractivity contribution in [3.05, 3.63) is 18.2 Å². The van der Waals surface area contributed by atoms with E-state index in [1.807, 2.05) is 0 Å². The fourth-order valence-corrected chi connectivity index (χ4v) is 1.13. The highest BCUT2D eigenvalue weighted by Gasteiger charge is 2.05. The monoisotopic (exact) mass is 221 g/mol. The molecule has 3 nitrogen and oxygen atoms in total. The van der Waals surface area contributed by atoms with E-state index in [-0.39, 0.29) is 12.1 Å². The number of halogens is 2. The predicted molar refractivity (Wildman–Crippen MR) is 53.6 cm³/mol. The van der Waals surface area contributed by atoms with Gasteiger partial charge >= 0.3 is 0 Å². The van der Waals surface area contributed by atoms with Crippen molar-refractivity contribution in [2.75, 3.05) is 17.9 Å². The van der Waals surface area contributed by atoms with Crippen molar-refractivity contribution in [1.82, 2.24) is 0 Å². The van der Waals surface area contributed by atoms with Gasteiger partial charge in [-0.05, 0) is 12.1 Å². The van der Waals surface area contributed by atoms with E-state index >= 15 is 0 Å². The lowest BCUT2D eigenvalue weighted by Crippen LogP contribution is -1.99. The highest BCUT2D eigenvalue weighted by atomic mass is 35.5. The zero-order chi connectivity index (χ0) is 9.68. The molecule has 13 heavy (non-hydrogen) atoms. The lowest BCUT2D eigenvalue weighted by Gasteiger charge is -2.09. The Morgan fingerprint density at radius 3 is 1.92 bits per heavy atom. The topological polar surface area (TPSA) is 44.5 Å². The lowest BCUT2D eigenvalue weighted by atomic mass is 10.3. The minimum atomic E-state index is 0.0501. The molecular weight excluding hydrogens is 213 g/mol. The SMILES string of the molecule is Nc1c(OCCl)cccc1OCCl. The summed E-state index contributed by atoms with van der Waals surface area (Å²) in [5, 5.41) is 0. The molecule has 0 heterocycles. The van der Waals surface area contributed by atoms with Crippen LogP contribution < -0.4 is 15.2 Å². The normalized spacial score (nSPS) is 9.69. The molecule has 0 aliphatic heterocycles. The first-order valence-electron chi connectivity index (χ1n) is 3.55. The van der Waals surface area contributed by atoms with E-state index in [1.165, 1.54) is 0 Å². The molecule has 1 rings (SSSR count). The molecule has 2 N–H and O–H groups in total. The number of nitrogens with two attached hydrogens (primary N) is 1.